The third-order valence-electron chi connectivity index (χ3n) is 5.08. The Bertz CT molecular complexity index is 584. The molecule has 0 spiro atoms. The number of nitrogens with two attached hydrogens (primary N) is 2. The Balaban J connectivity index is 4.34. The summed E-state index contributed by atoms with van der Waals surface area (Å²) >= 11 is 0. The largest absolute Gasteiger partial charge is 0.481 e. The van der Waals surface area contributed by atoms with Crippen molar-refractivity contribution in [3.63, 3.8) is 0 Å². The second kappa shape index (κ2) is 20.2. The van der Waals surface area contributed by atoms with Crippen molar-refractivity contribution in [2.45, 2.75) is 102 Å². The Morgan fingerprint density at radius 3 is 1.91 bits per heavy atom. The van der Waals surface area contributed by atoms with Crippen LogP contribution in [0.2, 0.25) is 0 Å². The molecule has 0 amide bonds. The number of rotatable bonds is 22. The number of nitrogens with zero attached hydrogens (tertiary/aromatic N) is 1. The van der Waals surface area contributed by atoms with Crippen LogP contribution in [0.4, 0.5) is 0 Å². The minimum Gasteiger partial charge on any atom is -0.481 e. The number of hydrogen-bond donors (Lipinski definition) is 6. The number of guanidine groups is 1. The van der Waals surface area contributed by atoms with Crippen LogP contribution in [0.1, 0.15) is 90.4 Å². The van der Waals surface area contributed by atoms with Gasteiger partial charge in [-0.15, -0.1) is 0 Å². The van der Waals surface area contributed by atoms with Gasteiger partial charge in [0, 0.05) is 6.54 Å². The molecule has 0 heterocycles. The first kappa shape index (κ1) is 30.6. The highest BCUT2D eigenvalue weighted by Crippen LogP contribution is 2.11. The molecule has 11 heteroatoms. The summed E-state index contributed by atoms with van der Waals surface area (Å²) in [7, 11) is 0. The van der Waals surface area contributed by atoms with E-state index >= 15 is 0 Å². The van der Waals surface area contributed by atoms with Crippen LogP contribution in [0, 0.1) is 0 Å². The average molecular weight is 474 g/mol. The molecule has 2 atom stereocenters. The fraction of sp³-hybridized carbons (Fsp3) is 0.818. The summed E-state index contributed by atoms with van der Waals surface area (Å²) in [6.45, 7) is 2.78. The van der Waals surface area contributed by atoms with Crippen LogP contribution in [0.25, 0.3) is 0 Å². The second-order valence-electron chi connectivity index (χ2n) is 8.13. The number of ether oxygens (including phenoxy) is 1. The van der Waals surface area contributed by atoms with Gasteiger partial charge in [-0.05, 0) is 19.3 Å². The predicted molar refractivity (Wildman–Crippen MR) is 126 cm³/mol. The summed E-state index contributed by atoms with van der Waals surface area (Å²) in [5, 5.41) is 18.0. The number of carboxylic acid groups (broad SMARTS) is 2. The zero-order valence-corrected chi connectivity index (χ0v) is 19.9. The van der Waals surface area contributed by atoms with E-state index in [9.17, 15) is 14.4 Å². The van der Waals surface area contributed by atoms with Gasteiger partial charge in [-0.2, -0.15) is 0 Å². The molecule has 0 fully saturated rings. The number of carboxylic acids is 2. The summed E-state index contributed by atoms with van der Waals surface area (Å²) in [6.07, 6.45) is 11.8. The van der Waals surface area contributed by atoms with Gasteiger partial charge < -0.3 is 26.4 Å². The molecule has 0 aromatic heterocycles. The van der Waals surface area contributed by atoms with E-state index in [-0.39, 0.29) is 19.0 Å². The Labute approximate surface area is 196 Å². The van der Waals surface area contributed by atoms with Crippen LogP contribution < -0.4 is 22.3 Å². The first-order valence-corrected chi connectivity index (χ1v) is 12.0. The van der Waals surface area contributed by atoms with Gasteiger partial charge in [-0.1, -0.05) is 64.7 Å². The van der Waals surface area contributed by atoms with Crippen molar-refractivity contribution in [1.29, 1.82) is 0 Å². The van der Waals surface area contributed by atoms with Crippen LogP contribution in [0.5, 0.6) is 0 Å². The molecular formula is C22H43N5O6. The second-order valence-corrected chi connectivity index (χ2v) is 8.13. The van der Waals surface area contributed by atoms with Crippen molar-refractivity contribution in [1.82, 2.24) is 10.9 Å². The predicted octanol–water partition coefficient (Wildman–Crippen LogP) is 1.89. The van der Waals surface area contributed by atoms with Crippen LogP contribution in [0.15, 0.2) is 4.99 Å². The molecule has 0 aliphatic heterocycles. The zero-order valence-electron chi connectivity index (χ0n) is 19.9. The molecule has 0 aromatic carbocycles. The molecule has 0 aliphatic rings. The first-order valence-electron chi connectivity index (χ1n) is 12.0. The topological polar surface area (TPSA) is 189 Å². The molecule has 0 saturated heterocycles. The van der Waals surface area contributed by atoms with Gasteiger partial charge in [0.25, 0.3) is 0 Å². The van der Waals surface area contributed by atoms with E-state index in [0.29, 0.717) is 13.0 Å². The average Bonchev–Trinajstić information content (AvgIpc) is 2.75. The van der Waals surface area contributed by atoms with Crippen LogP contribution in [0.3, 0.4) is 0 Å². The van der Waals surface area contributed by atoms with E-state index < -0.39 is 36.4 Å². The third kappa shape index (κ3) is 18.8. The Morgan fingerprint density at radius 2 is 1.39 bits per heavy atom. The minimum absolute atomic E-state index is 0.0615. The molecule has 0 radical (unpaired) electrons. The summed E-state index contributed by atoms with van der Waals surface area (Å²) in [6, 6.07) is -2.25. The summed E-state index contributed by atoms with van der Waals surface area (Å²) in [5.41, 5.74) is 15.6. The smallest absolute Gasteiger partial charge is 0.324 e. The maximum absolute atomic E-state index is 12.5. The van der Waals surface area contributed by atoms with E-state index in [4.69, 9.17) is 26.4 Å². The van der Waals surface area contributed by atoms with Crippen molar-refractivity contribution >= 4 is 23.9 Å². The number of hydrogen-bond acceptors (Lipinski definition) is 7. The number of esters is 1. The quantitative estimate of drug-likeness (QED) is 0.0445. The number of unbranched alkanes of at least 4 members (excludes halogenated alkanes) is 9. The van der Waals surface area contributed by atoms with E-state index in [1.807, 2.05) is 0 Å². The molecule has 11 nitrogen and oxygen atoms in total. The molecule has 0 rings (SSSR count). The van der Waals surface area contributed by atoms with Crippen molar-refractivity contribution in [3.8, 4) is 0 Å². The molecule has 33 heavy (non-hydrogen) atoms. The van der Waals surface area contributed by atoms with Gasteiger partial charge in [0.15, 0.2) is 5.96 Å². The molecule has 0 saturated carbocycles. The summed E-state index contributed by atoms with van der Waals surface area (Å²) in [5.74, 6) is -3.22. The SMILES string of the molecule is CCCCCCCCCCCCOC(=O)[C@H](CCCN=C(N)N)NN[C@@H](CC(=O)O)C(=O)O. The van der Waals surface area contributed by atoms with Crippen molar-refractivity contribution in [3.05, 3.63) is 0 Å². The Kier molecular flexibility index (Phi) is 18.8. The lowest BCUT2D eigenvalue weighted by atomic mass is 10.1. The third-order valence-corrected chi connectivity index (χ3v) is 5.08. The van der Waals surface area contributed by atoms with Crippen LogP contribution in [-0.2, 0) is 19.1 Å². The van der Waals surface area contributed by atoms with E-state index in [1.54, 1.807) is 0 Å². The van der Waals surface area contributed by atoms with E-state index in [2.05, 4.69) is 22.8 Å². The number of hydrazine groups is 1. The lowest BCUT2D eigenvalue weighted by Gasteiger charge is -2.20. The fourth-order valence-corrected chi connectivity index (χ4v) is 3.19. The van der Waals surface area contributed by atoms with Gasteiger partial charge in [0.1, 0.15) is 12.1 Å². The van der Waals surface area contributed by atoms with E-state index in [0.717, 1.165) is 19.3 Å². The maximum Gasteiger partial charge on any atom is 0.324 e. The Morgan fingerprint density at radius 1 is 0.848 bits per heavy atom. The summed E-state index contributed by atoms with van der Waals surface area (Å²) in [4.78, 5) is 38.4. The first-order chi connectivity index (χ1) is 15.8. The summed E-state index contributed by atoms with van der Waals surface area (Å²) < 4.78 is 5.34. The molecule has 0 bridgehead atoms. The monoisotopic (exact) mass is 473 g/mol. The number of carbonyl (C=O) groups is 3. The van der Waals surface area contributed by atoms with Crippen molar-refractivity contribution in [2.24, 2.45) is 16.5 Å². The molecule has 192 valence electrons. The lowest BCUT2D eigenvalue weighted by Crippen LogP contribution is -2.53. The van der Waals surface area contributed by atoms with E-state index in [1.165, 1.54) is 44.9 Å². The van der Waals surface area contributed by atoms with Gasteiger partial charge >= 0.3 is 17.9 Å². The highest BCUT2D eigenvalue weighted by Gasteiger charge is 2.25. The Hall–Kier alpha value is -2.40. The highest BCUT2D eigenvalue weighted by atomic mass is 16.5. The molecule has 0 aromatic rings. The molecule has 0 aliphatic carbocycles. The molecule has 0 unspecified atom stereocenters. The standard InChI is InChI=1S/C22H43N5O6/c1-2-3-4-5-6-7-8-9-10-11-15-33-21(32)17(13-12-14-25-22(23)24)26-27-18(20(30)31)16-19(28)29/h17-18,26-27H,2-16H2,1H3,(H,28,29)(H,30,31)(H4,23,24,25)/t17-,18-/m0/s1. The maximum atomic E-state index is 12.5. The van der Waals surface area contributed by atoms with Crippen LogP contribution >= 0.6 is 0 Å². The normalized spacial score (nSPS) is 12.6. The molecule has 8 N–H and O–H groups in total. The van der Waals surface area contributed by atoms with Gasteiger partial charge in [-0.3, -0.25) is 19.4 Å². The lowest BCUT2D eigenvalue weighted by molar-refractivity contribution is -0.149. The highest BCUT2D eigenvalue weighted by molar-refractivity contribution is 5.80. The van der Waals surface area contributed by atoms with Gasteiger partial charge in [0.2, 0.25) is 0 Å². The van der Waals surface area contributed by atoms with Crippen molar-refractivity contribution < 1.29 is 29.3 Å². The number of carbonyl (C=O) groups excluding carboxylic acids is 1. The number of nitrogens with one attached hydrogen (secondary N) is 2. The van der Waals surface area contributed by atoms with Crippen LogP contribution in [-0.4, -0.2) is 59.3 Å². The van der Waals surface area contributed by atoms with Crippen molar-refractivity contribution in [2.75, 3.05) is 13.2 Å². The minimum atomic E-state index is -1.39. The number of aliphatic imine (C=N–C) groups is 1. The number of aliphatic carboxylic acids is 2. The zero-order chi connectivity index (χ0) is 24.9. The fourth-order valence-electron chi connectivity index (χ4n) is 3.19. The van der Waals surface area contributed by atoms with Gasteiger partial charge in [0.05, 0.1) is 13.0 Å². The molecular weight excluding hydrogens is 430 g/mol. The van der Waals surface area contributed by atoms with Gasteiger partial charge in [-0.25, -0.2) is 10.9 Å².